The summed E-state index contributed by atoms with van der Waals surface area (Å²) in [6, 6.07) is -0.0788. The molecule has 1 N–H and O–H groups in total. The van der Waals surface area contributed by atoms with Gasteiger partial charge in [0.15, 0.2) is 0 Å². The molecule has 2 heterocycles. The summed E-state index contributed by atoms with van der Waals surface area (Å²) < 4.78 is 10.5. The monoisotopic (exact) mass is 254 g/mol. The topological polar surface area (TPSA) is 75.8 Å². The summed E-state index contributed by atoms with van der Waals surface area (Å²) in [5, 5.41) is 12.8. The van der Waals surface area contributed by atoms with Gasteiger partial charge in [-0.15, -0.1) is 0 Å². The summed E-state index contributed by atoms with van der Waals surface area (Å²) in [5.74, 6) is 0.00216. The molecule has 1 aliphatic heterocycles. The molecule has 1 saturated heterocycles. The second-order valence-electron chi connectivity index (χ2n) is 4.60. The van der Waals surface area contributed by atoms with Crippen molar-refractivity contribution in [2.24, 2.45) is 0 Å². The molecule has 0 aliphatic carbocycles. The van der Waals surface area contributed by atoms with E-state index in [4.69, 9.17) is 14.4 Å². The predicted octanol–water partition coefficient (Wildman–Crippen LogP) is 0.967. The molecular weight excluding hydrogens is 236 g/mol. The zero-order valence-corrected chi connectivity index (χ0v) is 10.7. The lowest BCUT2D eigenvalue weighted by atomic mass is 10.1. The van der Waals surface area contributed by atoms with Gasteiger partial charge >= 0.3 is 5.97 Å². The molecule has 0 aromatic carbocycles. The Labute approximate surface area is 106 Å². The highest BCUT2D eigenvalue weighted by atomic mass is 16.5. The van der Waals surface area contributed by atoms with E-state index in [1.165, 1.54) is 0 Å². The summed E-state index contributed by atoms with van der Waals surface area (Å²) in [4.78, 5) is 13.0. The van der Waals surface area contributed by atoms with Crippen LogP contribution in [0, 0.1) is 13.8 Å². The van der Waals surface area contributed by atoms with Crippen LogP contribution in [0.5, 0.6) is 0 Å². The van der Waals surface area contributed by atoms with Gasteiger partial charge < -0.3 is 14.4 Å². The molecule has 0 radical (unpaired) electrons. The van der Waals surface area contributed by atoms with Gasteiger partial charge in [-0.05, 0) is 13.8 Å². The van der Waals surface area contributed by atoms with Crippen LogP contribution in [-0.4, -0.2) is 46.9 Å². The summed E-state index contributed by atoms with van der Waals surface area (Å²) in [7, 11) is 0. The zero-order chi connectivity index (χ0) is 13.1. The first-order valence-corrected chi connectivity index (χ1v) is 6.03. The van der Waals surface area contributed by atoms with Crippen molar-refractivity contribution in [3.05, 3.63) is 17.0 Å². The highest BCUT2D eigenvalue weighted by Gasteiger charge is 2.26. The molecule has 100 valence electrons. The first-order valence-electron chi connectivity index (χ1n) is 6.03. The fraction of sp³-hybridized carbons (Fsp3) is 0.667. The summed E-state index contributed by atoms with van der Waals surface area (Å²) in [5.41, 5.74) is 1.92. The summed E-state index contributed by atoms with van der Waals surface area (Å²) >= 11 is 0. The van der Waals surface area contributed by atoms with Gasteiger partial charge in [-0.1, -0.05) is 5.16 Å². The largest absolute Gasteiger partial charge is 0.481 e. The molecule has 18 heavy (non-hydrogen) atoms. The quantitative estimate of drug-likeness (QED) is 0.862. The van der Waals surface area contributed by atoms with Crippen molar-refractivity contribution in [1.82, 2.24) is 10.1 Å². The minimum Gasteiger partial charge on any atom is -0.481 e. The number of hydrogen-bond acceptors (Lipinski definition) is 5. The van der Waals surface area contributed by atoms with E-state index in [9.17, 15) is 4.79 Å². The number of carboxylic acids is 1. The van der Waals surface area contributed by atoms with E-state index in [1.54, 1.807) is 0 Å². The van der Waals surface area contributed by atoms with E-state index in [2.05, 4.69) is 10.1 Å². The van der Waals surface area contributed by atoms with Crippen molar-refractivity contribution in [2.45, 2.75) is 32.9 Å². The lowest BCUT2D eigenvalue weighted by Gasteiger charge is -2.34. The van der Waals surface area contributed by atoms with Gasteiger partial charge in [0.05, 0.1) is 25.3 Å². The molecule has 0 saturated carbocycles. The molecule has 1 aromatic rings. The molecule has 1 atom stereocenters. The van der Waals surface area contributed by atoms with Crippen molar-refractivity contribution in [1.29, 1.82) is 0 Å². The maximum Gasteiger partial charge on any atom is 0.305 e. The maximum atomic E-state index is 10.8. The van der Waals surface area contributed by atoms with Gasteiger partial charge in [0.25, 0.3) is 0 Å². The Morgan fingerprint density at radius 1 is 1.56 bits per heavy atom. The van der Waals surface area contributed by atoms with E-state index in [0.717, 1.165) is 23.6 Å². The number of hydrogen-bond donors (Lipinski definition) is 1. The molecule has 1 aliphatic rings. The van der Waals surface area contributed by atoms with E-state index in [1.807, 2.05) is 13.8 Å². The second-order valence-corrected chi connectivity index (χ2v) is 4.60. The number of carboxylic acid groups (broad SMARTS) is 1. The van der Waals surface area contributed by atoms with Crippen LogP contribution in [0.3, 0.4) is 0 Å². The molecule has 6 heteroatoms. The molecular formula is C12H18N2O4. The fourth-order valence-electron chi connectivity index (χ4n) is 2.22. The third kappa shape index (κ3) is 2.88. The number of aliphatic carboxylic acids is 1. The minimum absolute atomic E-state index is 0.0788. The van der Waals surface area contributed by atoms with Gasteiger partial charge in [0, 0.05) is 24.7 Å². The summed E-state index contributed by atoms with van der Waals surface area (Å²) in [6.07, 6.45) is 0.101. The molecule has 1 fully saturated rings. The Bertz CT molecular complexity index is 410. The van der Waals surface area contributed by atoms with E-state index in [0.29, 0.717) is 19.8 Å². The van der Waals surface area contributed by atoms with Crippen molar-refractivity contribution >= 4 is 5.97 Å². The van der Waals surface area contributed by atoms with Crippen LogP contribution in [0.15, 0.2) is 4.52 Å². The van der Waals surface area contributed by atoms with Crippen LogP contribution in [0.2, 0.25) is 0 Å². The summed E-state index contributed by atoms with van der Waals surface area (Å²) in [6.45, 7) is 6.29. The third-order valence-electron chi connectivity index (χ3n) is 3.30. The Morgan fingerprint density at radius 3 is 2.94 bits per heavy atom. The van der Waals surface area contributed by atoms with E-state index < -0.39 is 5.97 Å². The molecule has 0 bridgehead atoms. The third-order valence-corrected chi connectivity index (χ3v) is 3.30. The molecule has 0 unspecified atom stereocenters. The standard InChI is InChI=1S/C12H18N2O4/c1-8-11(9(2)18-13-8)6-14-3-4-17-7-10(14)5-12(15)16/h10H,3-7H2,1-2H3,(H,15,16)/t10-/m1/s1. The van der Waals surface area contributed by atoms with Crippen molar-refractivity contribution < 1.29 is 19.2 Å². The van der Waals surface area contributed by atoms with Gasteiger partial charge in [-0.25, -0.2) is 0 Å². The SMILES string of the molecule is Cc1noc(C)c1CN1CCOC[C@H]1CC(=O)O. The van der Waals surface area contributed by atoms with Crippen molar-refractivity contribution in [2.75, 3.05) is 19.8 Å². The lowest BCUT2D eigenvalue weighted by molar-refractivity contribution is -0.140. The maximum absolute atomic E-state index is 10.8. The molecule has 0 amide bonds. The van der Waals surface area contributed by atoms with Gasteiger partial charge in [-0.3, -0.25) is 9.69 Å². The molecule has 2 rings (SSSR count). The van der Waals surface area contributed by atoms with Crippen LogP contribution in [0.1, 0.15) is 23.4 Å². The Hall–Kier alpha value is -1.40. The molecule has 6 nitrogen and oxygen atoms in total. The normalized spacial score (nSPS) is 21.1. The Morgan fingerprint density at radius 2 is 2.33 bits per heavy atom. The minimum atomic E-state index is -0.797. The number of ether oxygens (including phenoxy) is 1. The van der Waals surface area contributed by atoms with Gasteiger partial charge in [0.1, 0.15) is 5.76 Å². The first-order chi connectivity index (χ1) is 8.58. The predicted molar refractivity (Wildman–Crippen MR) is 63.2 cm³/mol. The fourth-order valence-corrected chi connectivity index (χ4v) is 2.22. The van der Waals surface area contributed by atoms with Crippen LogP contribution in [-0.2, 0) is 16.1 Å². The number of morpholine rings is 1. The lowest BCUT2D eigenvalue weighted by Crippen LogP contribution is -2.46. The molecule has 1 aromatic heterocycles. The number of rotatable bonds is 4. The Kier molecular flexibility index (Phi) is 3.98. The average molecular weight is 254 g/mol. The number of nitrogens with zero attached hydrogens (tertiary/aromatic N) is 2. The first kappa shape index (κ1) is 13.0. The number of aryl methyl sites for hydroxylation is 2. The van der Waals surface area contributed by atoms with Crippen molar-refractivity contribution in [3.8, 4) is 0 Å². The number of aromatic nitrogens is 1. The smallest absolute Gasteiger partial charge is 0.305 e. The van der Waals surface area contributed by atoms with Crippen molar-refractivity contribution in [3.63, 3.8) is 0 Å². The molecule has 0 spiro atoms. The van der Waals surface area contributed by atoms with Crippen LogP contribution >= 0.6 is 0 Å². The Balaban J connectivity index is 2.07. The average Bonchev–Trinajstić information content (AvgIpc) is 2.62. The number of carbonyl (C=O) groups is 1. The van der Waals surface area contributed by atoms with Gasteiger partial charge in [-0.2, -0.15) is 0 Å². The highest BCUT2D eigenvalue weighted by molar-refractivity contribution is 5.67. The second kappa shape index (κ2) is 5.49. The zero-order valence-electron chi connectivity index (χ0n) is 10.7. The highest BCUT2D eigenvalue weighted by Crippen LogP contribution is 2.19. The van der Waals surface area contributed by atoms with Crippen LogP contribution in [0.25, 0.3) is 0 Å². The van der Waals surface area contributed by atoms with E-state index in [-0.39, 0.29) is 12.5 Å². The van der Waals surface area contributed by atoms with Gasteiger partial charge in [0.2, 0.25) is 0 Å². The van der Waals surface area contributed by atoms with E-state index >= 15 is 0 Å². The van der Waals surface area contributed by atoms with Crippen LogP contribution in [0.4, 0.5) is 0 Å². The van der Waals surface area contributed by atoms with Crippen LogP contribution < -0.4 is 0 Å².